The molecule has 2 rings (SSSR count). The first-order chi connectivity index (χ1) is 8.99. The van der Waals surface area contributed by atoms with Crippen LogP contribution >= 0.6 is 0 Å². The highest BCUT2D eigenvalue weighted by Gasteiger charge is 2.28. The molecule has 1 aliphatic heterocycles. The Kier molecular flexibility index (Phi) is 4.32. The Morgan fingerprint density at radius 2 is 1.95 bits per heavy atom. The van der Waals surface area contributed by atoms with Crippen LogP contribution in [0.3, 0.4) is 0 Å². The normalized spacial score (nSPS) is 23.3. The second-order valence-electron chi connectivity index (χ2n) is 5.37. The summed E-state index contributed by atoms with van der Waals surface area (Å²) in [5.41, 5.74) is 0.584. The van der Waals surface area contributed by atoms with Gasteiger partial charge in [-0.25, -0.2) is 4.39 Å². The van der Waals surface area contributed by atoms with Crippen molar-refractivity contribution in [1.82, 2.24) is 9.80 Å². The molecule has 0 bridgehead atoms. The fraction of sp³-hybridized carbons (Fsp3) is 0.533. The Balaban J connectivity index is 2.05. The van der Waals surface area contributed by atoms with Gasteiger partial charge in [0.25, 0.3) is 0 Å². The molecule has 1 heterocycles. The summed E-state index contributed by atoms with van der Waals surface area (Å²) in [6.45, 7) is 6.87. The molecule has 0 amide bonds. The summed E-state index contributed by atoms with van der Waals surface area (Å²) in [7, 11) is 2.11. The van der Waals surface area contributed by atoms with E-state index in [4.69, 9.17) is 0 Å². The van der Waals surface area contributed by atoms with E-state index in [9.17, 15) is 9.18 Å². The van der Waals surface area contributed by atoms with Gasteiger partial charge < -0.3 is 4.90 Å². The van der Waals surface area contributed by atoms with Crippen molar-refractivity contribution >= 4 is 5.78 Å². The molecule has 104 valence electrons. The fourth-order valence-corrected chi connectivity index (χ4v) is 2.45. The molecule has 2 unspecified atom stereocenters. The minimum absolute atomic E-state index is 0.0664. The maximum absolute atomic E-state index is 12.9. The quantitative estimate of drug-likeness (QED) is 0.781. The summed E-state index contributed by atoms with van der Waals surface area (Å²) in [5.74, 6) is -0.242. The predicted octanol–water partition coefficient (Wildman–Crippen LogP) is 2.03. The van der Waals surface area contributed by atoms with Crippen molar-refractivity contribution in [1.29, 1.82) is 0 Å². The van der Waals surface area contributed by atoms with E-state index in [1.807, 2.05) is 6.92 Å². The largest absolute Gasteiger partial charge is 0.301 e. The minimum atomic E-state index is -0.308. The van der Waals surface area contributed by atoms with Gasteiger partial charge in [-0.15, -0.1) is 0 Å². The summed E-state index contributed by atoms with van der Waals surface area (Å²) >= 11 is 0. The molecule has 0 spiro atoms. The number of hydrogen-bond acceptors (Lipinski definition) is 3. The van der Waals surface area contributed by atoms with Crippen LogP contribution in [0.2, 0.25) is 0 Å². The maximum Gasteiger partial charge on any atom is 0.179 e. The number of Topliss-reactive ketones (excluding diaryl/α,β-unsaturated/α-hetero) is 1. The van der Waals surface area contributed by atoms with Gasteiger partial charge in [-0.2, -0.15) is 0 Å². The molecule has 1 aliphatic rings. The molecule has 1 fully saturated rings. The van der Waals surface area contributed by atoms with Crippen LogP contribution in [0.15, 0.2) is 24.3 Å². The van der Waals surface area contributed by atoms with Crippen LogP contribution in [0.4, 0.5) is 4.39 Å². The zero-order valence-corrected chi connectivity index (χ0v) is 11.8. The molecule has 0 saturated carbocycles. The zero-order chi connectivity index (χ0) is 14.0. The molecule has 0 aromatic heterocycles. The molecule has 0 N–H and O–H groups in total. The number of likely N-dealkylation sites (N-methyl/N-ethyl adjacent to an activating group) is 1. The van der Waals surface area contributed by atoms with Crippen LogP contribution in [0.5, 0.6) is 0 Å². The number of carbonyl (C=O) groups excluding carboxylic acids is 1. The minimum Gasteiger partial charge on any atom is -0.301 e. The van der Waals surface area contributed by atoms with Crippen molar-refractivity contribution in [3.05, 3.63) is 35.6 Å². The van der Waals surface area contributed by atoms with Crippen LogP contribution in [0.25, 0.3) is 0 Å². The van der Waals surface area contributed by atoms with Gasteiger partial charge in [0.15, 0.2) is 5.78 Å². The van der Waals surface area contributed by atoms with Gasteiger partial charge in [0, 0.05) is 31.2 Å². The third-order valence-electron chi connectivity index (χ3n) is 4.05. The molecule has 2 atom stereocenters. The monoisotopic (exact) mass is 264 g/mol. The van der Waals surface area contributed by atoms with Crippen molar-refractivity contribution in [2.24, 2.45) is 0 Å². The lowest BCUT2D eigenvalue weighted by molar-refractivity contribution is 0.0603. The highest BCUT2D eigenvalue weighted by atomic mass is 19.1. The van der Waals surface area contributed by atoms with E-state index in [0.29, 0.717) is 11.6 Å². The van der Waals surface area contributed by atoms with Crippen LogP contribution in [0.1, 0.15) is 24.2 Å². The summed E-state index contributed by atoms with van der Waals surface area (Å²) in [5, 5.41) is 0. The van der Waals surface area contributed by atoms with Gasteiger partial charge in [0.05, 0.1) is 6.04 Å². The van der Waals surface area contributed by atoms with Crippen molar-refractivity contribution in [3.8, 4) is 0 Å². The lowest BCUT2D eigenvalue weighted by Gasteiger charge is -2.40. The molecular formula is C15H21FN2O. The van der Waals surface area contributed by atoms with Gasteiger partial charge in [0.1, 0.15) is 5.82 Å². The van der Waals surface area contributed by atoms with Crippen LogP contribution < -0.4 is 0 Å². The SMILES string of the molecule is CC1CN(C(C)C(=O)c2ccc(F)cc2)CCN1C. The van der Waals surface area contributed by atoms with Gasteiger partial charge in [-0.1, -0.05) is 0 Å². The Bertz CT molecular complexity index is 446. The Morgan fingerprint density at radius 1 is 1.32 bits per heavy atom. The van der Waals surface area contributed by atoms with E-state index < -0.39 is 0 Å². The van der Waals surface area contributed by atoms with E-state index in [-0.39, 0.29) is 17.6 Å². The van der Waals surface area contributed by atoms with E-state index in [0.717, 1.165) is 19.6 Å². The standard InChI is InChI=1S/C15H21FN2O/c1-11-10-18(9-8-17(11)3)12(2)15(19)13-4-6-14(16)7-5-13/h4-7,11-12H,8-10H2,1-3H3. The molecule has 3 nitrogen and oxygen atoms in total. The Hall–Kier alpha value is -1.26. The molecule has 4 heteroatoms. The first-order valence-electron chi connectivity index (χ1n) is 6.73. The van der Waals surface area contributed by atoms with Crippen LogP contribution in [0, 0.1) is 5.82 Å². The highest BCUT2D eigenvalue weighted by molar-refractivity contribution is 5.99. The first kappa shape index (κ1) is 14.2. The lowest BCUT2D eigenvalue weighted by Crippen LogP contribution is -2.54. The maximum atomic E-state index is 12.9. The van der Waals surface area contributed by atoms with Gasteiger partial charge in [-0.3, -0.25) is 9.69 Å². The molecule has 1 aromatic rings. The number of halogens is 1. The van der Waals surface area contributed by atoms with E-state index in [2.05, 4.69) is 23.8 Å². The number of rotatable bonds is 3. The Morgan fingerprint density at radius 3 is 2.53 bits per heavy atom. The zero-order valence-electron chi connectivity index (χ0n) is 11.8. The average molecular weight is 264 g/mol. The number of carbonyl (C=O) groups is 1. The van der Waals surface area contributed by atoms with Crippen LogP contribution in [-0.4, -0.2) is 54.3 Å². The number of benzene rings is 1. The molecule has 0 aliphatic carbocycles. The smallest absolute Gasteiger partial charge is 0.179 e. The molecular weight excluding hydrogens is 243 g/mol. The first-order valence-corrected chi connectivity index (χ1v) is 6.73. The van der Waals surface area contributed by atoms with Gasteiger partial charge in [0.2, 0.25) is 0 Å². The van der Waals surface area contributed by atoms with Gasteiger partial charge >= 0.3 is 0 Å². The van der Waals surface area contributed by atoms with Crippen molar-refractivity contribution in [3.63, 3.8) is 0 Å². The number of ketones is 1. The summed E-state index contributed by atoms with van der Waals surface area (Å²) in [6.07, 6.45) is 0. The van der Waals surface area contributed by atoms with Crippen LogP contribution in [-0.2, 0) is 0 Å². The van der Waals surface area contributed by atoms with Crippen molar-refractivity contribution < 1.29 is 9.18 Å². The van der Waals surface area contributed by atoms with Crippen molar-refractivity contribution in [2.45, 2.75) is 25.9 Å². The topological polar surface area (TPSA) is 23.6 Å². The van der Waals surface area contributed by atoms with Gasteiger partial charge in [-0.05, 0) is 45.2 Å². The average Bonchev–Trinajstić information content (AvgIpc) is 2.41. The number of nitrogens with zero attached hydrogens (tertiary/aromatic N) is 2. The molecule has 19 heavy (non-hydrogen) atoms. The third-order valence-corrected chi connectivity index (χ3v) is 4.05. The molecule has 0 radical (unpaired) electrons. The second-order valence-corrected chi connectivity index (χ2v) is 5.37. The number of piperazine rings is 1. The Labute approximate surface area is 114 Å². The van der Waals surface area contributed by atoms with E-state index in [1.54, 1.807) is 12.1 Å². The highest BCUT2D eigenvalue weighted by Crippen LogP contribution is 2.14. The third kappa shape index (κ3) is 3.19. The van der Waals surface area contributed by atoms with E-state index >= 15 is 0 Å². The predicted molar refractivity (Wildman–Crippen MR) is 73.9 cm³/mol. The lowest BCUT2D eigenvalue weighted by atomic mass is 10.0. The second kappa shape index (κ2) is 5.80. The van der Waals surface area contributed by atoms with Crippen molar-refractivity contribution in [2.75, 3.05) is 26.7 Å². The summed E-state index contributed by atoms with van der Waals surface area (Å²) < 4.78 is 12.9. The number of hydrogen-bond donors (Lipinski definition) is 0. The fourth-order valence-electron chi connectivity index (χ4n) is 2.45. The molecule has 1 saturated heterocycles. The van der Waals surface area contributed by atoms with E-state index in [1.165, 1.54) is 12.1 Å². The summed E-state index contributed by atoms with van der Waals surface area (Å²) in [6, 6.07) is 6.11. The molecule has 1 aromatic carbocycles. The summed E-state index contributed by atoms with van der Waals surface area (Å²) in [4.78, 5) is 16.9.